The van der Waals surface area contributed by atoms with Gasteiger partial charge in [-0.3, -0.25) is 14.9 Å². The molecule has 0 spiro atoms. The van der Waals surface area contributed by atoms with Crippen LogP contribution in [-0.4, -0.2) is 28.9 Å². The van der Waals surface area contributed by atoms with Crippen molar-refractivity contribution in [1.29, 1.82) is 0 Å². The Kier molecular flexibility index (Phi) is 6.99. The summed E-state index contributed by atoms with van der Waals surface area (Å²) in [5, 5.41) is 11.8. The predicted octanol–water partition coefficient (Wildman–Crippen LogP) is 5.05. The molecular weight excluding hydrogens is 540 g/mol. The zero-order valence-electron chi connectivity index (χ0n) is 17.8. The van der Waals surface area contributed by atoms with Crippen molar-refractivity contribution >= 4 is 63.1 Å². The first-order valence-corrected chi connectivity index (χ1v) is 11.3. The maximum absolute atomic E-state index is 13.0. The molecule has 0 bridgehead atoms. The summed E-state index contributed by atoms with van der Waals surface area (Å²) in [6.07, 6.45) is 1.36. The molecule has 1 aliphatic heterocycles. The first-order chi connectivity index (χ1) is 16.7. The number of halogens is 2. The molecule has 35 heavy (non-hydrogen) atoms. The Morgan fingerprint density at radius 3 is 2.46 bits per heavy atom. The van der Waals surface area contributed by atoms with Gasteiger partial charge in [-0.1, -0.05) is 29.8 Å². The molecule has 1 aliphatic rings. The topological polar surface area (TPSA) is 113 Å². The number of rotatable bonds is 6. The summed E-state index contributed by atoms with van der Waals surface area (Å²) in [5.41, 5.74) is 1.27. The number of hydrogen-bond acceptors (Lipinski definition) is 5. The van der Waals surface area contributed by atoms with Crippen molar-refractivity contribution in [2.24, 2.45) is 0 Å². The minimum absolute atomic E-state index is 0.00650. The fourth-order valence-corrected chi connectivity index (χ4v) is 4.05. The minimum atomic E-state index is -1.15. The minimum Gasteiger partial charge on any atom is -0.488 e. The van der Waals surface area contributed by atoms with E-state index in [9.17, 15) is 19.2 Å². The van der Waals surface area contributed by atoms with Crippen LogP contribution in [0.5, 0.6) is 5.75 Å². The van der Waals surface area contributed by atoms with Gasteiger partial charge in [0, 0.05) is 5.02 Å². The van der Waals surface area contributed by atoms with E-state index in [1.165, 1.54) is 30.3 Å². The maximum atomic E-state index is 13.0. The van der Waals surface area contributed by atoms with Crippen LogP contribution in [0.2, 0.25) is 5.02 Å². The molecule has 0 atom stereocenters. The van der Waals surface area contributed by atoms with E-state index in [-0.39, 0.29) is 23.4 Å². The summed E-state index contributed by atoms with van der Waals surface area (Å²) in [6, 6.07) is 16.5. The fourth-order valence-electron chi connectivity index (χ4n) is 3.32. The van der Waals surface area contributed by atoms with Crippen molar-refractivity contribution in [2.75, 3.05) is 4.90 Å². The smallest absolute Gasteiger partial charge is 0.335 e. The highest BCUT2D eigenvalue weighted by atomic mass is 79.9. The molecule has 2 N–H and O–H groups in total. The standard InChI is InChI=1S/C25H16BrClN2O6/c26-20-12-14(4-9-21(20)35-13-15-2-1-3-17(27)10-15)11-19-22(30)28-25(34)29(23(19)31)18-7-5-16(6-8-18)24(32)33/h1-12H,13H2,(H,32,33)(H,28,30,34)/b19-11+. The summed E-state index contributed by atoms with van der Waals surface area (Å²) in [4.78, 5) is 49.6. The van der Waals surface area contributed by atoms with Crippen molar-refractivity contribution in [1.82, 2.24) is 5.32 Å². The summed E-state index contributed by atoms with van der Waals surface area (Å²) >= 11 is 9.42. The molecule has 0 radical (unpaired) electrons. The molecular formula is C25H16BrClN2O6. The number of ether oxygens (including phenoxy) is 1. The lowest BCUT2D eigenvalue weighted by Gasteiger charge is -2.26. The average molecular weight is 556 g/mol. The fraction of sp³-hybridized carbons (Fsp3) is 0.0400. The van der Waals surface area contributed by atoms with E-state index in [4.69, 9.17) is 21.4 Å². The number of hydrogen-bond donors (Lipinski definition) is 2. The lowest BCUT2D eigenvalue weighted by Crippen LogP contribution is -2.54. The van der Waals surface area contributed by atoms with Crippen LogP contribution in [0.1, 0.15) is 21.5 Å². The van der Waals surface area contributed by atoms with Crippen LogP contribution < -0.4 is 15.0 Å². The Morgan fingerprint density at radius 2 is 1.80 bits per heavy atom. The van der Waals surface area contributed by atoms with Crippen molar-refractivity contribution < 1.29 is 29.0 Å². The molecule has 8 nitrogen and oxygen atoms in total. The van der Waals surface area contributed by atoms with E-state index in [2.05, 4.69) is 21.2 Å². The zero-order valence-corrected chi connectivity index (χ0v) is 20.2. The third-order valence-electron chi connectivity index (χ3n) is 5.02. The van der Waals surface area contributed by atoms with Crippen LogP contribution in [-0.2, 0) is 16.2 Å². The van der Waals surface area contributed by atoms with Gasteiger partial charge in [-0.05, 0) is 81.7 Å². The highest BCUT2D eigenvalue weighted by Crippen LogP contribution is 2.29. The van der Waals surface area contributed by atoms with Gasteiger partial charge in [-0.15, -0.1) is 0 Å². The number of nitrogens with one attached hydrogen (secondary N) is 1. The number of carbonyl (C=O) groups is 4. The number of benzene rings is 3. The van der Waals surface area contributed by atoms with E-state index in [0.29, 0.717) is 20.8 Å². The van der Waals surface area contributed by atoms with Gasteiger partial charge in [0.2, 0.25) is 0 Å². The highest BCUT2D eigenvalue weighted by Gasteiger charge is 2.36. The molecule has 1 fully saturated rings. The van der Waals surface area contributed by atoms with Gasteiger partial charge in [-0.25, -0.2) is 14.5 Å². The second kappa shape index (κ2) is 10.1. The third kappa shape index (κ3) is 5.42. The van der Waals surface area contributed by atoms with E-state index in [1.807, 2.05) is 12.1 Å². The molecule has 4 amide bonds. The van der Waals surface area contributed by atoms with Gasteiger partial charge in [0.15, 0.2) is 0 Å². The highest BCUT2D eigenvalue weighted by molar-refractivity contribution is 9.10. The lowest BCUT2D eigenvalue weighted by atomic mass is 10.1. The Bertz CT molecular complexity index is 1390. The van der Waals surface area contributed by atoms with Crippen LogP contribution in [0.25, 0.3) is 6.08 Å². The number of carbonyl (C=O) groups excluding carboxylic acids is 3. The Balaban J connectivity index is 1.56. The molecule has 0 unspecified atom stereocenters. The number of aromatic carboxylic acids is 1. The Morgan fingerprint density at radius 1 is 1.06 bits per heavy atom. The Hall–Kier alpha value is -3.95. The van der Waals surface area contributed by atoms with Crippen LogP contribution >= 0.6 is 27.5 Å². The summed E-state index contributed by atoms with van der Waals surface area (Å²) in [5.74, 6) is -2.27. The van der Waals surface area contributed by atoms with Crippen molar-refractivity contribution in [3.63, 3.8) is 0 Å². The van der Waals surface area contributed by atoms with Gasteiger partial charge in [-0.2, -0.15) is 0 Å². The number of carboxylic acids is 1. The van der Waals surface area contributed by atoms with Gasteiger partial charge in [0.1, 0.15) is 17.9 Å². The zero-order chi connectivity index (χ0) is 25.1. The second-order valence-electron chi connectivity index (χ2n) is 7.42. The second-order valence-corrected chi connectivity index (χ2v) is 8.71. The number of carboxylic acid groups (broad SMARTS) is 1. The van der Waals surface area contributed by atoms with Crippen molar-refractivity contribution in [3.05, 3.63) is 98.5 Å². The molecule has 1 heterocycles. The van der Waals surface area contributed by atoms with Crippen LogP contribution in [0.4, 0.5) is 10.5 Å². The van der Waals surface area contributed by atoms with Gasteiger partial charge < -0.3 is 9.84 Å². The first-order valence-electron chi connectivity index (χ1n) is 10.1. The number of nitrogens with zero attached hydrogens (tertiary/aromatic N) is 1. The Labute approximate surface area is 212 Å². The number of amides is 4. The monoisotopic (exact) mass is 554 g/mol. The normalized spacial score (nSPS) is 14.7. The molecule has 0 aliphatic carbocycles. The summed E-state index contributed by atoms with van der Waals surface area (Å²) < 4.78 is 6.41. The molecule has 1 saturated heterocycles. The van der Waals surface area contributed by atoms with Gasteiger partial charge in [0.25, 0.3) is 11.8 Å². The van der Waals surface area contributed by atoms with E-state index < -0.39 is 23.8 Å². The van der Waals surface area contributed by atoms with E-state index in [1.54, 1.807) is 30.3 Å². The van der Waals surface area contributed by atoms with Gasteiger partial charge >= 0.3 is 12.0 Å². The maximum Gasteiger partial charge on any atom is 0.335 e. The average Bonchev–Trinajstić information content (AvgIpc) is 2.81. The molecule has 10 heteroatoms. The van der Waals surface area contributed by atoms with Crippen LogP contribution in [0, 0.1) is 0 Å². The number of imide groups is 2. The van der Waals surface area contributed by atoms with Crippen molar-refractivity contribution in [3.8, 4) is 5.75 Å². The molecule has 3 aromatic rings. The van der Waals surface area contributed by atoms with Crippen molar-refractivity contribution in [2.45, 2.75) is 6.61 Å². The van der Waals surface area contributed by atoms with E-state index >= 15 is 0 Å². The molecule has 0 aromatic heterocycles. The van der Waals surface area contributed by atoms with E-state index in [0.717, 1.165) is 10.5 Å². The third-order valence-corrected chi connectivity index (χ3v) is 5.88. The van der Waals surface area contributed by atoms with Crippen LogP contribution in [0.15, 0.2) is 76.8 Å². The largest absolute Gasteiger partial charge is 0.488 e. The number of urea groups is 1. The quantitative estimate of drug-likeness (QED) is 0.325. The number of barbiturate groups is 1. The van der Waals surface area contributed by atoms with Crippen LogP contribution in [0.3, 0.4) is 0 Å². The molecule has 3 aromatic carbocycles. The SMILES string of the molecule is O=C1NC(=O)N(c2ccc(C(=O)O)cc2)C(=O)/C1=C/c1ccc(OCc2cccc(Cl)c2)c(Br)c1. The molecule has 4 rings (SSSR count). The van der Waals surface area contributed by atoms with Gasteiger partial charge in [0.05, 0.1) is 15.7 Å². The molecule has 0 saturated carbocycles. The lowest BCUT2D eigenvalue weighted by molar-refractivity contribution is -0.122. The molecule has 176 valence electrons. The first kappa shape index (κ1) is 24.2. The predicted molar refractivity (Wildman–Crippen MR) is 132 cm³/mol. The number of anilines is 1. The summed E-state index contributed by atoms with van der Waals surface area (Å²) in [6.45, 7) is 0.290. The summed E-state index contributed by atoms with van der Waals surface area (Å²) in [7, 11) is 0.